The Bertz CT molecular complexity index is 1390. The summed E-state index contributed by atoms with van der Waals surface area (Å²) < 4.78 is 482. The molecule has 3 nitrogen and oxygen atoms in total. The predicted octanol–water partition coefficient (Wildman–Crippen LogP) is 13.8. The van der Waals surface area contributed by atoms with Crippen LogP contribution in [0.25, 0.3) is 0 Å². The van der Waals surface area contributed by atoms with Crippen LogP contribution < -0.4 is 0 Å². The van der Waals surface area contributed by atoms with Crippen molar-refractivity contribution >= 4 is 8.80 Å². The van der Waals surface area contributed by atoms with Gasteiger partial charge < -0.3 is 13.3 Å². The van der Waals surface area contributed by atoms with Crippen LogP contribution in [0.3, 0.4) is 0 Å². The minimum atomic E-state index is -12.0. The third-order valence-corrected chi connectivity index (χ3v) is 9.29. The van der Waals surface area contributed by atoms with Crippen LogP contribution in [-0.4, -0.2) is 105 Å². The van der Waals surface area contributed by atoms with Crippen LogP contribution >= 0.6 is 0 Å². The van der Waals surface area contributed by atoms with Crippen molar-refractivity contribution in [2.75, 3.05) is 0 Å². The molecule has 0 radical (unpaired) electrons. The zero-order chi connectivity index (χ0) is 51.4. The summed E-state index contributed by atoms with van der Waals surface area (Å²) in [6, 6.07) is 0. The van der Waals surface area contributed by atoms with Gasteiger partial charge in [-0.1, -0.05) is 39.5 Å². The third kappa shape index (κ3) is 10.0. The Balaban J connectivity index is 0. The highest BCUT2D eigenvalue weighted by Crippen LogP contribution is 2.67. The Morgan fingerprint density at radius 3 is 0.597 bits per heavy atom. The molecule has 40 heteroatoms. The molecule has 0 aromatic carbocycles. The zero-order valence-electron chi connectivity index (χ0n) is 28.2. The molecule has 0 spiro atoms. The fourth-order valence-electron chi connectivity index (χ4n) is 3.19. The van der Waals surface area contributed by atoms with E-state index in [0.29, 0.717) is 0 Å². The lowest BCUT2D eigenvalue weighted by Crippen LogP contribution is -2.81. The second-order valence-electron chi connectivity index (χ2n) is 11.3. The summed E-state index contributed by atoms with van der Waals surface area (Å²) in [5.74, 6) is -80.1. The summed E-state index contributed by atoms with van der Waals surface area (Å²) in [5.41, 5.74) is -10.3. The molecule has 0 bridgehead atoms. The topological polar surface area (TPSA) is 27.7 Å². The normalized spacial score (nSPS) is 16.4. The Kier molecular flexibility index (Phi) is 17.0. The molecule has 0 N–H and O–H groups in total. The lowest BCUT2D eigenvalue weighted by molar-refractivity contribution is -0.475. The zero-order valence-corrected chi connectivity index (χ0v) is 29.2. The van der Waals surface area contributed by atoms with Crippen LogP contribution in [-0.2, 0) is 13.3 Å². The lowest BCUT2D eigenvalue weighted by Gasteiger charge is -2.47. The molecule has 0 atom stereocenters. The van der Waals surface area contributed by atoms with Crippen molar-refractivity contribution in [2.45, 2.75) is 135 Å². The van der Waals surface area contributed by atoms with Crippen molar-refractivity contribution in [3.8, 4) is 0 Å². The molecular formula is C22H14F36O3Si. The van der Waals surface area contributed by atoms with Gasteiger partial charge in [-0.05, 0) is 0 Å². The Hall–Kier alpha value is -2.42. The molecule has 0 aliphatic rings. The number of rotatable bonds is 18. The molecule has 376 valence electrons. The van der Waals surface area contributed by atoms with Crippen molar-refractivity contribution in [2.24, 2.45) is 0 Å². The van der Waals surface area contributed by atoms with E-state index in [1.807, 2.05) is 0 Å². The monoisotopic (exact) mass is 1040 g/mol. The summed E-state index contributed by atoms with van der Waals surface area (Å²) in [6.45, 7) is 4.46. The number of hydrogen-bond acceptors (Lipinski definition) is 3. The molecule has 0 saturated heterocycles. The van der Waals surface area contributed by atoms with Gasteiger partial charge in [-0.2, -0.15) is 158 Å². The average molecular weight is 1040 g/mol. The maximum absolute atomic E-state index is 14.8. The van der Waals surface area contributed by atoms with Gasteiger partial charge in [0.1, 0.15) is 0 Å². The summed E-state index contributed by atoms with van der Waals surface area (Å²) in [4.78, 5) is 0. The molecule has 0 rings (SSSR count). The highest BCUT2D eigenvalue weighted by molar-refractivity contribution is 6.64. The molecule has 0 fully saturated rings. The molecule has 0 aliphatic heterocycles. The van der Waals surface area contributed by atoms with E-state index in [0.717, 1.165) is 13.3 Å². The standard InChI is InChI=1S/C16F36O3Si.C6H14/c17-1(18,3(21,22)5(25,26)7(29,30)9(33,34)35)2(19,20)4(23,24)6(27,28)8(31,32)16(51,52)56(53-13(45,46)10(36,37)38,54-14(47,48)11(39,40)41)55-15(49,50)12(42,43)44;1-3-5-6-4-2/h;3-6H2,1-2H3. The van der Waals surface area contributed by atoms with Crippen molar-refractivity contribution < 1.29 is 171 Å². The number of unbranched alkanes of at least 4 members (excludes halogenated alkanes) is 3. The molecule has 0 unspecified atom stereocenters. The summed E-state index contributed by atoms with van der Waals surface area (Å²) in [7, 11) is -12.0. The van der Waals surface area contributed by atoms with Gasteiger partial charge >= 0.3 is 105 Å². The van der Waals surface area contributed by atoms with Gasteiger partial charge in [0.25, 0.3) is 0 Å². The van der Waals surface area contributed by atoms with E-state index in [2.05, 4.69) is 13.8 Å². The number of hydrogen-bond donors (Lipinski definition) is 0. The Labute approximate surface area is 316 Å². The first-order chi connectivity index (χ1) is 26.3. The molecular weight excluding hydrogens is 1020 g/mol. The van der Waals surface area contributed by atoms with Gasteiger partial charge in [0, 0.05) is 0 Å². The number of alkyl halides is 36. The van der Waals surface area contributed by atoms with Crippen molar-refractivity contribution in [1.82, 2.24) is 0 Å². The van der Waals surface area contributed by atoms with Crippen LogP contribution in [0.15, 0.2) is 0 Å². The second-order valence-corrected chi connectivity index (χ2v) is 13.6. The van der Waals surface area contributed by atoms with Crippen LogP contribution in [0.5, 0.6) is 0 Å². The van der Waals surface area contributed by atoms with Crippen molar-refractivity contribution in [3.63, 3.8) is 0 Å². The molecule has 0 saturated carbocycles. The van der Waals surface area contributed by atoms with Gasteiger partial charge in [-0.15, -0.1) is 0 Å². The van der Waals surface area contributed by atoms with E-state index < -0.39 is 105 Å². The highest BCUT2D eigenvalue weighted by Gasteiger charge is 3.00. The predicted molar refractivity (Wildman–Crippen MR) is 122 cm³/mol. The maximum Gasteiger partial charge on any atom is 0.595 e. The molecule has 0 amide bonds. The first-order valence-electron chi connectivity index (χ1n) is 14.2. The molecule has 0 heterocycles. The van der Waals surface area contributed by atoms with Gasteiger partial charge in [0.2, 0.25) is 0 Å². The average Bonchev–Trinajstić information content (AvgIpc) is 3.00. The van der Waals surface area contributed by atoms with E-state index in [1.165, 1.54) is 25.7 Å². The lowest BCUT2D eigenvalue weighted by atomic mass is 9.87. The minimum Gasteiger partial charge on any atom is -0.302 e. The minimum absolute atomic E-state index is 0.955. The van der Waals surface area contributed by atoms with Gasteiger partial charge in [-0.3, -0.25) is 0 Å². The van der Waals surface area contributed by atoms with E-state index >= 15 is 0 Å². The largest absolute Gasteiger partial charge is 0.595 e. The fourth-order valence-corrected chi connectivity index (χ4v) is 5.60. The summed E-state index contributed by atoms with van der Waals surface area (Å²) in [6.07, 6.45) is -54.9. The smallest absolute Gasteiger partial charge is 0.302 e. The Morgan fingerprint density at radius 1 is 0.258 bits per heavy atom. The number of halogens is 36. The highest BCUT2D eigenvalue weighted by atomic mass is 28.4. The van der Waals surface area contributed by atoms with Crippen LogP contribution in [0.4, 0.5) is 158 Å². The quantitative estimate of drug-likeness (QED) is 0.0778. The third-order valence-electron chi connectivity index (χ3n) is 6.63. The molecule has 0 aromatic rings. The Morgan fingerprint density at radius 2 is 0.435 bits per heavy atom. The first kappa shape index (κ1) is 61.7. The second kappa shape index (κ2) is 17.1. The fraction of sp³-hybridized carbons (Fsp3) is 1.00. The first-order valence-corrected chi connectivity index (χ1v) is 15.9. The van der Waals surface area contributed by atoms with Crippen LogP contribution in [0.2, 0.25) is 0 Å². The van der Waals surface area contributed by atoms with Crippen molar-refractivity contribution in [3.05, 3.63) is 0 Å². The molecule has 0 aromatic heterocycles. The summed E-state index contributed by atoms with van der Waals surface area (Å²) >= 11 is 0. The van der Waals surface area contributed by atoms with Crippen LogP contribution in [0, 0.1) is 0 Å². The van der Waals surface area contributed by atoms with Gasteiger partial charge in [-0.25, -0.2) is 0 Å². The van der Waals surface area contributed by atoms with E-state index in [-0.39, 0.29) is 0 Å². The maximum atomic E-state index is 14.8. The SMILES string of the molecule is CCCCCC.FC(F)(F)C(F)(F)O[Si](OC(F)(F)C(F)(F)F)(OC(F)(F)C(F)(F)F)C(F)(F)C(F)(F)C(F)(F)C(F)(F)C(F)(F)C(F)(F)C(F)(F)C(F)(F)C(F)(F)C(F)(F)F. The molecule has 0 aliphatic carbocycles. The van der Waals surface area contributed by atoms with Gasteiger partial charge in [0.05, 0.1) is 0 Å². The molecule has 62 heavy (non-hydrogen) atoms. The van der Waals surface area contributed by atoms with Crippen molar-refractivity contribution in [1.29, 1.82) is 0 Å². The van der Waals surface area contributed by atoms with Crippen LogP contribution in [0.1, 0.15) is 39.5 Å². The van der Waals surface area contributed by atoms with E-state index in [9.17, 15) is 158 Å². The van der Waals surface area contributed by atoms with E-state index in [4.69, 9.17) is 0 Å². The van der Waals surface area contributed by atoms with Gasteiger partial charge in [0.15, 0.2) is 0 Å². The van der Waals surface area contributed by atoms with E-state index in [1.54, 1.807) is 0 Å². The summed E-state index contributed by atoms with van der Waals surface area (Å²) in [5, 5.41) is 0.